The first-order valence-corrected chi connectivity index (χ1v) is 6.41. The van der Waals surface area contributed by atoms with Crippen molar-refractivity contribution in [2.45, 2.75) is 25.9 Å². The van der Waals surface area contributed by atoms with Gasteiger partial charge in [0.1, 0.15) is 0 Å². The fourth-order valence-corrected chi connectivity index (χ4v) is 2.83. The SMILES string of the molecule is COC(=O)/C=C(/c1cnc(C)s1)C1(C(F)(F)F)CC1. The van der Waals surface area contributed by atoms with Crippen LogP contribution in [-0.4, -0.2) is 24.2 Å². The summed E-state index contributed by atoms with van der Waals surface area (Å²) in [4.78, 5) is 15.6. The predicted octanol–water partition coefficient (Wildman–Crippen LogP) is 3.35. The summed E-state index contributed by atoms with van der Waals surface area (Å²) in [5, 5.41) is 0.656. The zero-order valence-corrected chi connectivity index (χ0v) is 11.2. The van der Waals surface area contributed by atoms with E-state index in [0.717, 1.165) is 24.5 Å². The van der Waals surface area contributed by atoms with Crippen LogP contribution in [0, 0.1) is 12.3 Å². The lowest BCUT2D eigenvalue weighted by atomic mass is 9.93. The number of hydrogen-bond acceptors (Lipinski definition) is 4. The van der Waals surface area contributed by atoms with Crippen molar-refractivity contribution in [2.75, 3.05) is 7.11 Å². The van der Waals surface area contributed by atoms with E-state index in [9.17, 15) is 18.0 Å². The van der Waals surface area contributed by atoms with Crippen molar-refractivity contribution in [1.82, 2.24) is 4.98 Å². The van der Waals surface area contributed by atoms with Gasteiger partial charge in [0.15, 0.2) is 0 Å². The van der Waals surface area contributed by atoms with E-state index in [4.69, 9.17) is 0 Å². The van der Waals surface area contributed by atoms with Gasteiger partial charge >= 0.3 is 12.1 Å². The van der Waals surface area contributed by atoms with Crippen molar-refractivity contribution in [1.29, 1.82) is 0 Å². The van der Waals surface area contributed by atoms with Crippen LogP contribution in [0.1, 0.15) is 22.7 Å². The zero-order chi connectivity index (χ0) is 14.3. The monoisotopic (exact) mass is 291 g/mol. The molecule has 0 bridgehead atoms. The number of allylic oxidation sites excluding steroid dienone is 1. The van der Waals surface area contributed by atoms with E-state index in [2.05, 4.69) is 9.72 Å². The summed E-state index contributed by atoms with van der Waals surface area (Å²) < 4.78 is 44.0. The average molecular weight is 291 g/mol. The molecule has 0 atom stereocenters. The molecule has 1 aliphatic carbocycles. The topological polar surface area (TPSA) is 39.2 Å². The highest BCUT2D eigenvalue weighted by Gasteiger charge is 2.65. The molecule has 19 heavy (non-hydrogen) atoms. The molecule has 1 saturated carbocycles. The number of methoxy groups -OCH3 is 1. The Hall–Kier alpha value is -1.37. The van der Waals surface area contributed by atoms with Crippen LogP contribution in [-0.2, 0) is 9.53 Å². The third kappa shape index (κ3) is 2.51. The second kappa shape index (κ2) is 4.63. The first kappa shape index (κ1) is 14.0. The maximum Gasteiger partial charge on any atom is 0.398 e. The summed E-state index contributed by atoms with van der Waals surface area (Å²) >= 11 is 1.14. The molecule has 1 fully saturated rings. The highest BCUT2D eigenvalue weighted by Crippen LogP contribution is 2.65. The number of carbonyl (C=O) groups excluding carboxylic acids is 1. The molecule has 0 N–H and O–H groups in total. The van der Waals surface area contributed by atoms with E-state index in [1.807, 2.05) is 0 Å². The van der Waals surface area contributed by atoms with Crippen LogP contribution in [0.5, 0.6) is 0 Å². The van der Waals surface area contributed by atoms with E-state index in [0.29, 0.717) is 9.88 Å². The Kier molecular flexibility index (Phi) is 3.42. The smallest absolute Gasteiger partial charge is 0.398 e. The minimum absolute atomic E-state index is 0.00370. The molecule has 104 valence electrons. The van der Waals surface area contributed by atoms with Crippen LogP contribution in [0.2, 0.25) is 0 Å². The molecule has 0 unspecified atom stereocenters. The summed E-state index contributed by atoms with van der Waals surface area (Å²) in [5.41, 5.74) is -1.95. The number of thiazole rings is 1. The van der Waals surface area contributed by atoms with E-state index >= 15 is 0 Å². The molecule has 7 heteroatoms. The molecule has 1 aromatic rings. The maximum absolute atomic E-state index is 13.2. The molecular weight excluding hydrogens is 279 g/mol. The first-order valence-electron chi connectivity index (χ1n) is 5.60. The molecular formula is C12H12F3NO2S. The second-order valence-corrected chi connectivity index (χ2v) is 5.64. The molecule has 1 heterocycles. The number of aromatic nitrogens is 1. The van der Waals surface area contributed by atoms with Crippen molar-refractivity contribution in [2.24, 2.45) is 5.41 Å². The average Bonchev–Trinajstić information content (AvgIpc) is 3.03. The van der Waals surface area contributed by atoms with Gasteiger partial charge < -0.3 is 4.74 Å². The van der Waals surface area contributed by atoms with Gasteiger partial charge in [0, 0.05) is 12.3 Å². The number of halogens is 3. The lowest BCUT2D eigenvalue weighted by Crippen LogP contribution is -2.26. The Morgan fingerprint density at radius 2 is 2.16 bits per heavy atom. The maximum atomic E-state index is 13.2. The summed E-state index contributed by atoms with van der Waals surface area (Å²) in [5.74, 6) is -0.781. The zero-order valence-electron chi connectivity index (χ0n) is 10.4. The summed E-state index contributed by atoms with van der Waals surface area (Å²) in [6.07, 6.45) is -2.06. The van der Waals surface area contributed by atoms with Crippen molar-refractivity contribution >= 4 is 22.9 Å². The van der Waals surface area contributed by atoms with Crippen LogP contribution in [0.3, 0.4) is 0 Å². The van der Waals surface area contributed by atoms with Gasteiger partial charge in [0.25, 0.3) is 0 Å². The number of carbonyl (C=O) groups is 1. The van der Waals surface area contributed by atoms with E-state index in [1.165, 1.54) is 6.20 Å². The van der Waals surface area contributed by atoms with Crippen molar-refractivity contribution < 1.29 is 22.7 Å². The van der Waals surface area contributed by atoms with Crippen LogP contribution >= 0.6 is 11.3 Å². The normalized spacial score (nSPS) is 18.3. The van der Waals surface area contributed by atoms with Gasteiger partial charge in [-0.05, 0) is 25.3 Å². The molecule has 2 rings (SSSR count). The Bertz CT molecular complexity index is 529. The quantitative estimate of drug-likeness (QED) is 0.633. The molecule has 1 aromatic heterocycles. The van der Waals surface area contributed by atoms with Gasteiger partial charge in [-0.3, -0.25) is 0 Å². The lowest BCUT2D eigenvalue weighted by Gasteiger charge is -2.21. The van der Waals surface area contributed by atoms with Crippen LogP contribution < -0.4 is 0 Å². The number of ether oxygens (including phenoxy) is 1. The predicted molar refractivity (Wildman–Crippen MR) is 64.6 cm³/mol. The fraction of sp³-hybridized carbons (Fsp3) is 0.500. The molecule has 0 aromatic carbocycles. The Morgan fingerprint density at radius 1 is 1.53 bits per heavy atom. The second-order valence-electron chi connectivity index (χ2n) is 4.40. The van der Waals surface area contributed by atoms with Gasteiger partial charge in [0.2, 0.25) is 0 Å². The number of nitrogens with zero attached hydrogens (tertiary/aromatic N) is 1. The van der Waals surface area contributed by atoms with Gasteiger partial charge in [0.05, 0.1) is 22.4 Å². The number of hydrogen-bond donors (Lipinski definition) is 0. The highest BCUT2D eigenvalue weighted by atomic mass is 32.1. The van der Waals surface area contributed by atoms with E-state index < -0.39 is 17.6 Å². The summed E-state index contributed by atoms with van der Waals surface area (Å²) in [7, 11) is 1.14. The minimum atomic E-state index is -4.37. The minimum Gasteiger partial charge on any atom is -0.466 e. The molecule has 0 amide bonds. The van der Waals surface area contributed by atoms with Crippen LogP contribution in [0.25, 0.3) is 5.57 Å². The van der Waals surface area contributed by atoms with Crippen molar-refractivity contribution in [3.63, 3.8) is 0 Å². The standard InChI is InChI=1S/C12H12F3NO2S/c1-7-16-6-9(19-7)8(5-10(17)18-2)11(3-4-11)12(13,14)15/h5-6H,3-4H2,1-2H3/b8-5-. The number of alkyl halides is 3. The van der Waals surface area contributed by atoms with Crippen molar-refractivity contribution in [3.8, 4) is 0 Å². The van der Waals surface area contributed by atoms with Gasteiger partial charge in [-0.1, -0.05) is 0 Å². The fourth-order valence-electron chi connectivity index (χ4n) is 1.94. The first-order chi connectivity index (χ1) is 8.80. The molecule has 1 aliphatic rings. The Labute approximate surface area is 112 Å². The highest BCUT2D eigenvalue weighted by molar-refractivity contribution is 7.12. The van der Waals surface area contributed by atoms with Gasteiger partial charge in [-0.25, -0.2) is 9.78 Å². The van der Waals surface area contributed by atoms with Crippen LogP contribution in [0.4, 0.5) is 13.2 Å². The van der Waals surface area contributed by atoms with Gasteiger partial charge in [-0.2, -0.15) is 13.2 Å². The number of aryl methyl sites for hydroxylation is 1. The summed E-state index contributed by atoms with van der Waals surface area (Å²) in [6.45, 7) is 1.71. The molecule has 0 radical (unpaired) electrons. The third-order valence-corrected chi connectivity index (χ3v) is 4.10. The van der Waals surface area contributed by atoms with Gasteiger partial charge in [-0.15, -0.1) is 11.3 Å². The largest absolute Gasteiger partial charge is 0.466 e. The Morgan fingerprint density at radius 3 is 2.53 bits per heavy atom. The van der Waals surface area contributed by atoms with Crippen molar-refractivity contribution in [3.05, 3.63) is 22.2 Å². The van der Waals surface area contributed by atoms with E-state index in [1.54, 1.807) is 6.92 Å². The Balaban J connectivity index is 2.48. The lowest BCUT2D eigenvalue weighted by molar-refractivity contribution is -0.168. The third-order valence-electron chi connectivity index (χ3n) is 3.16. The molecule has 0 saturated heterocycles. The van der Waals surface area contributed by atoms with E-state index in [-0.39, 0.29) is 18.4 Å². The molecule has 3 nitrogen and oxygen atoms in total. The number of rotatable bonds is 3. The van der Waals surface area contributed by atoms with Crippen LogP contribution in [0.15, 0.2) is 12.3 Å². The molecule has 0 spiro atoms. The molecule has 0 aliphatic heterocycles. The number of esters is 1. The summed E-state index contributed by atoms with van der Waals surface area (Å²) in [6, 6.07) is 0.